The summed E-state index contributed by atoms with van der Waals surface area (Å²) in [5.74, 6) is 0.443. The number of hydrogen-bond acceptors (Lipinski definition) is 4. The van der Waals surface area contributed by atoms with E-state index in [1.165, 1.54) is 18.3 Å². The van der Waals surface area contributed by atoms with Crippen LogP contribution >= 0.6 is 22.6 Å². The Kier molecular flexibility index (Phi) is 5.61. The highest BCUT2D eigenvalue weighted by Crippen LogP contribution is 2.47. The predicted octanol–water partition coefficient (Wildman–Crippen LogP) is 4.96. The summed E-state index contributed by atoms with van der Waals surface area (Å²) in [6.45, 7) is -2.90. The van der Waals surface area contributed by atoms with Gasteiger partial charge >= 0.3 is 10.5 Å². The van der Waals surface area contributed by atoms with E-state index < -0.39 is 16.0 Å². The van der Waals surface area contributed by atoms with E-state index in [0.29, 0.717) is 25.2 Å². The molecule has 0 spiro atoms. The zero-order valence-electron chi connectivity index (χ0n) is 16.5. The first-order valence-electron chi connectivity index (χ1n) is 9.48. The Labute approximate surface area is 189 Å². The van der Waals surface area contributed by atoms with Crippen LogP contribution in [0.3, 0.4) is 0 Å². The molecular formula is C21H19F4IN4O. The smallest absolute Gasteiger partial charge is 0.387 e. The molecule has 0 radical (unpaired) electrons. The van der Waals surface area contributed by atoms with Crippen molar-refractivity contribution in [3.05, 3.63) is 70.8 Å². The molecule has 0 fully saturated rings. The molecule has 2 heterocycles. The maximum Gasteiger partial charge on any atom is 0.387 e. The second-order valence-corrected chi connectivity index (χ2v) is 8.96. The highest BCUT2D eigenvalue weighted by molar-refractivity contribution is 14.1. The third kappa shape index (κ3) is 4.21. The molecule has 3 aromatic rings. The summed E-state index contributed by atoms with van der Waals surface area (Å²) in [6.07, 6.45) is 5.02. The van der Waals surface area contributed by atoms with Gasteiger partial charge in [-0.1, -0.05) is 12.1 Å². The third-order valence-electron chi connectivity index (χ3n) is 5.66. The number of aromatic nitrogens is 3. The van der Waals surface area contributed by atoms with Gasteiger partial charge in [-0.15, -0.1) is 0 Å². The van der Waals surface area contributed by atoms with Crippen molar-refractivity contribution in [2.24, 2.45) is 7.05 Å². The number of fused-ring (bicyclic) bond motifs is 1. The lowest BCUT2D eigenvalue weighted by molar-refractivity contribution is -0.0498. The van der Waals surface area contributed by atoms with E-state index in [-0.39, 0.29) is 11.4 Å². The maximum absolute atomic E-state index is 13.5. The maximum atomic E-state index is 13.5. The first-order valence-corrected chi connectivity index (χ1v) is 10.6. The van der Waals surface area contributed by atoms with E-state index in [2.05, 4.69) is 14.7 Å². The summed E-state index contributed by atoms with van der Waals surface area (Å²) in [5, 5.41) is 0. The number of nitrogens with two attached hydrogens (primary N) is 1. The zero-order valence-corrected chi connectivity index (χ0v) is 18.6. The Balaban J connectivity index is 1.77. The van der Waals surface area contributed by atoms with Crippen molar-refractivity contribution in [3.8, 4) is 5.75 Å². The van der Waals surface area contributed by atoms with Crippen molar-refractivity contribution < 1.29 is 22.3 Å². The van der Waals surface area contributed by atoms with Crippen LogP contribution < -0.4 is 10.5 Å². The molecule has 2 N–H and O–H groups in total. The minimum atomic E-state index is -3.05. The normalized spacial score (nSPS) is 18.4. The zero-order chi connectivity index (χ0) is 22.4. The quantitative estimate of drug-likeness (QED) is 0.270. The van der Waals surface area contributed by atoms with Crippen LogP contribution in [0, 0.1) is 0 Å². The van der Waals surface area contributed by atoms with Crippen LogP contribution in [0.2, 0.25) is 0 Å². The summed E-state index contributed by atoms with van der Waals surface area (Å²) >= 11 is 1.05. The predicted molar refractivity (Wildman–Crippen MR) is 116 cm³/mol. The SMILES string of the molecule is Cn1cc(C2(Cc3ccc(C(F)(F)I)nc3)CCc3cc(OC(F)F)ccc32)nc1N. The fourth-order valence-electron chi connectivity index (χ4n) is 4.20. The third-order valence-corrected chi connectivity index (χ3v) is 6.21. The molecule has 0 aliphatic heterocycles. The van der Waals surface area contributed by atoms with Crippen molar-refractivity contribution in [1.29, 1.82) is 0 Å². The van der Waals surface area contributed by atoms with Gasteiger partial charge < -0.3 is 15.0 Å². The molecule has 0 saturated carbocycles. The average Bonchev–Trinajstić information content (AvgIpc) is 3.22. The summed E-state index contributed by atoms with van der Waals surface area (Å²) in [5.41, 5.74) is 8.37. The monoisotopic (exact) mass is 546 g/mol. The molecule has 1 aliphatic carbocycles. The average molecular weight is 546 g/mol. The molecule has 31 heavy (non-hydrogen) atoms. The number of rotatable bonds is 6. The number of pyridine rings is 1. The molecule has 1 aliphatic rings. The fourth-order valence-corrected chi connectivity index (χ4v) is 4.52. The Morgan fingerprint density at radius 3 is 2.65 bits per heavy atom. The highest BCUT2D eigenvalue weighted by atomic mass is 127. The summed E-state index contributed by atoms with van der Waals surface area (Å²) in [4.78, 5) is 8.47. The molecule has 0 amide bonds. The number of hydrogen-bond donors (Lipinski definition) is 1. The Hall–Kier alpha value is -2.37. The van der Waals surface area contributed by atoms with Crippen LogP contribution in [0.1, 0.15) is 34.5 Å². The van der Waals surface area contributed by atoms with Crippen LogP contribution in [0.5, 0.6) is 5.75 Å². The summed E-state index contributed by atoms with van der Waals surface area (Å²) in [7, 11) is 1.79. The van der Waals surface area contributed by atoms with E-state index in [0.717, 1.165) is 45.0 Å². The molecular weight excluding hydrogens is 527 g/mol. The van der Waals surface area contributed by atoms with Crippen LogP contribution in [0.15, 0.2) is 42.7 Å². The number of imidazole rings is 1. The van der Waals surface area contributed by atoms with Crippen LogP contribution in [-0.2, 0) is 29.2 Å². The van der Waals surface area contributed by atoms with E-state index in [9.17, 15) is 17.6 Å². The second kappa shape index (κ2) is 7.95. The first kappa shape index (κ1) is 21.8. The molecule has 2 aromatic heterocycles. The number of anilines is 1. The van der Waals surface area contributed by atoms with Crippen molar-refractivity contribution in [2.45, 2.75) is 35.2 Å². The lowest BCUT2D eigenvalue weighted by atomic mass is 9.74. The largest absolute Gasteiger partial charge is 0.435 e. The van der Waals surface area contributed by atoms with Crippen LogP contribution in [0.4, 0.5) is 23.5 Å². The van der Waals surface area contributed by atoms with Gasteiger partial charge in [0.15, 0.2) is 5.95 Å². The number of ether oxygens (including phenoxy) is 1. The van der Waals surface area contributed by atoms with Gasteiger partial charge in [-0.05, 0) is 54.2 Å². The lowest BCUT2D eigenvalue weighted by Crippen LogP contribution is -2.28. The van der Waals surface area contributed by atoms with E-state index in [4.69, 9.17) is 5.73 Å². The van der Waals surface area contributed by atoms with Crippen molar-refractivity contribution in [3.63, 3.8) is 0 Å². The van der Waals surface area contributed by atoms with E-state index in [1.807, 2.05) is 6.20 Å². The van der Waals surface area contributed by atoms with E-state index >= 15 is 0 Å². The first-order chi connectivity index (χ1) is 14.6. The van der Waals surface area contributed by atoms with Gasteiger partial charge in [-0.3, -0.25) is 4.98 Å². The molecule has 10 heteroatoms. The van der Waals surface area contributed by atoms with Crippen molar-refractivity contribution >= 4 is 28.5 Å². The number of benzene rings is 1. The molecule has 1 unspecified atom stereocenters. The molecule has 1 aromatic carbocycles. The van der Waals surface area contributed by atoms with Gasteiger partial charge in [0.25, 0.3) is 0 Å². The number of aryl methyl sites for hydroxylation is 2. The lowest BCUT2D eigenvalue weighted by Gasteiger charge is -2.29. The number of alkyl halides is 5. The number of nitrogens with zero attached hydrogens (tertiary/aromatic N) is 3. The van der Waals surface area contributed by atoms with Gasteiger partial charge in [0.1, 0.15) is 11.4 Å². The van der Waals surface area contributed by atoms with E-state index in [1.54, 1.807) is 29.8 Å². The molecule has 0 bridgehead atoms. The van der Waals surface area contributed by atoms with Gasteiger partial charge in [0.2, 0.25) is 0 Å². The summed E-state index contributed by atoms with van der Waals surface area (Å²) < 4.78 is 55.5. The van der Waals surface area contributed by atoms with Crippen molar-refractivity contribution in [1.82, 2.24) is 14.5 Å². The number of halogens is 5. The van der Waals surface area contributed by atoms with Gasteiger partial charge in [-0.2, -0.15) is 17.6 Å². The molecule has 4 rings (SSSR count). The highest BCUT2D eigenvalue weighted by Gasteiger charge is 2.43. The van der Waals surface area contributed by atoms with Crippen LogP contribution in [0.25, 0.3) is 0 Å². The second-order valence-electron chi connectivity index (χ2n) is 7.60. The molecule has 1 atom stereocenters. The van der Waals surface area contributed by atoms with Crippen LogP contribution in [-0.4, -0.2) is 21.1 Å². The summed E-state index contributed by atoms with van der Waals surface area (Å²) in [6, 6.07) is 7.85. The molecule has 5 nitrogen and oxygen atoms in total. The topological polar surface area (TPSA) is 66.0 Å². The minimum absolute atomic E-state index is 0.0976. The fraction of sp³-hybridized carbons (Fsp3) is 0.333. The Morgan fingerprint density at radius 2 is 2.06 bits per heavy atom. The Morgan fingerprint density at radius 1 is 1.29 bits per heavy atom. The van der Waals surface area contributed by atoms with Gasteiger partial charge in [-0.25, -0.2) is 4.98 Å². The Bertz CT molecular complexity index is 1080. The number of nitrogen functional groups attached to an aromatic ring is 1. The van der Waals surface area contributed by atoms with Gasteiger partial charge in [0, 0.05) is 47.4 Å². The molecule has 164 valence electrons. The van der Waals surface area contributed by atoms with Crippen molar-refractivity contribution in [2.75, 3.05) is 5.73 Å². The van der Waals surface area contributed by atoms with Gasteiger partial charge in [0.05, 0.1) is 5.69 Å². The minimum Gasteiger partial charge on any atom is -0.435 e. The molecule has 0 saturated heterocycles. The standard InChI is InChI=1S/C21H19F4IN4O/c1-30-11-17(29-19(30)27)20(9-12-2-5-16(28-10-12)21(24,25)26)7-6-13-8-14(31-18(22)23)3-4-15(13)20/h2-5,8,10-11,18H,6-7,9H2,1H3,(H2,27,29).